The normalized spacial score (nSPS) is 12.2. The third-order valence-corrected chi connectivity index (χ3v) is 14.3. The number of carbonyl (C=O) groups is 3. The summed E-state index contributed by atoms with van der Waals surface area (Å²) >= 11 is 0. The van der Waals surface area contributed by atoms with Crippen LogP contribution in [0, 0.1) is 0 Å². The highest BCUT2D eigenvalue weighted by Gasteiger charge is 2.19. The predicted octanol–water partition coefficient (Wildman–Crippen LogP) is 21.6. The van der Waals surface area contributed by atoms with Gasteiger partial charge in [0.1, 0.15) is 13.2 Å². The summed E-state index contributed by atoms with van der Waals surface area (Å²) in [6, 6.07) is 0. The molecule has 0 heterocycles. The Morgan fingerprint density at radius 1 is 0.278 bits per heavy atom. The number of hydrogen-bond donors (Lipinski definition) is 0. The van der Waals surface area contributed by atoms with Crippen LogP contribution in [0.15, 0.2) is 36.5 Å². The van der Waals surface area contributed by atoms with Crippen LogP contribution in [0.2, 0.25) is 0 Å². The Kier molecular flexibility index (Phi) is 59.2. The standard InChI is InChI=1S/C66H122O6/c1-4-7-10-13-16-19-22-25-27-29-31-33-35-36-38-41-44-47-50-53-56-59-65(68)71-62-63(61-70-64(67)58-55-52-49-46-43-40-24-21-18-15-12-9-6-3)72-66(69)60-57-54-51-48-45-42-39-37-34-32-30-28-26-23-20-17-14-11-8-5-2/h12,15,21,24,29,31,63H,4-11,13-14,16-20,22-23,25-28,30,32-62H2,1-3H3/b15-12-,24-21-,31-29-. The second-order valence-electron chi connectivity index (χ2n) is 21.7. The zero-order valence-electron chi connectivity index (χ0n) is 48.5. The molecule has 0 aliphatic carbocycles. The summed E-state index contributed by atoms with van der Waals surface area (Å²) in [5.74, 6) is -0.867. The van der Waals surface area contributed by atoms with Crippen LogP contribution in [-0.2, 0) is 28.6 Å². The number of ether oxygens (including phenoxy) is 3. The lowest BCUT2D eigenvalue weighted by molar-refractivity contribution is -0.167. The van der Waals surface area contributed by atoms with E-state index < -0.39 is 6.10 Å². The Balaban J connectivity index is 4.29. The van der Waals surface area contributed by atoms with Crippen LogP contribution < -0.4 is 0 Å². The molecule has 0 aromatic carbocycles. The van der Waals surface area contributed by atoms with E-state index in [2.05, 4.69) is 57.2 Å². The molecule has 0 aromatic heterocycles. The molecule has 0 amide bonds. The van der Waals surface area contributed by atoms with Crippen LogP contribution >= 0.6 is 0 Å². The Labute approximate surface area is 448 Å². The quantitative estimate of drug-likeness (QED) is 0.0261. The van der Waals surface area contributed by atoms with E-state index in [-0.39, 0.29) is 31.1 Å². The van der Waals surface area contributed by atoms with Gasteiger partial charge in [0.15, 0.2) is 6.10 Å². The Hall–Kier alpha value is -2.37. The average molecular weight is 1010 g/mol. The van der Waals surface area contributed by atoms with Gasteiger partial charge in [-0.1, -0.05) is 295 Å². The first-order valence-electron chi connectivity index (χ1n) is 32.0. The van der Waals surface area contributed by atoms with Crippen molar-refractivity contribution in [1.82, 2.24) is 0 Å². The fourth-order valence-corrected chi connectivity index (χ4v) is 9.54. The lowest BCUT2D eigenvalue weighted by Crippen LogP contribution is -2.30. The van der Waals surface area contributed by atoms with Gasteiger partial charge in [-0.25, -0.2) is 0 Å². The van der Waals surface area contributed by atoms with Crippen LogP contribution in [0.1, 0.15) is 348 Å². The van der Waals surface area contributed by atoms with Crippen molar-refractivity contribution in [3.05, 3.63) is 36.5 Å². The SMILES string of the molecule is CCC/C=C\C/C=C\CCCCCCCC(=O)OCC(COC(=O)CCCCCCCCCCC/C=C\CCCCCCCCCC)OC(=O)CCCCCCCCCCCCCCCCCCCCCC. The molecule has 0 rings (SSSR count). The fourth-order valence-electron chi connectivity index (χ4n) is 9.54. The molecule has 6 nitrogen and oxygen atoms in total. The van der Waals surface area contributed by atoms with Gasteiger partial charge in [-0.05, 0) is 70.6 Å². The van der Waals surface area contributed by atoms with Crippen molar-refractivity contribution in [3.63, 3.8) is 0 Å². The maximum atomic E-state index is 12.9. The van der Waals surface area contributed by atoms with E-state index in [0.29, 0.717) is 19.3 Å². The van der Waals surface area contributed by atoms with Gasteiger partial charge < -0.3 is 14.2 Å². The minimum absolute atomic E-state index is 0.0738. The minimum atomic E-state index is -0.776. The van der Waals surface area contributed by atoms with E-state index in [1.165, 1.54) is 225 Å². The average Bonchev–Trinajstić information content (AvgIpc) is 3.38. The topological polar surface area (TPSA) is 78.9 Å². The molecular formula is C66H122O6. The van der Waals surface area contributed by atoms with Gasteiger partial charge in [0.2, 0.25) is 0 Å². The van der Waals surface area contributed by atoms with E-state index in [0.717, 1.165) is 83.5 Å². The van der Waals surface area contributed by atoms with E-state index in [1.54, 1.807) is 0 Å². The molecule has 0 saturated heterocycles. The molecule has 0 spiro atoms. The molecule has 72 heavy (non-hydrogen) atoms. The van der Waals surface area contributed by atoms with Gasteiger partial charge in [-0.3, -0.25) is 14.4 Å². The molecule has 0 aliphatic heterocycles. The number of unbranched alkanes of at least 4 members (excludes halogenated alkanes) is 42. The molecule has 0 saturated carbocycles. The van der Waals surface area contributed by atoms with Gasteiger partial charge >= 0.3 is 17.9 Å². The number of rotatable bonds is 59. The fraction of sp³-hybridized carbons (Fsp3) is 0.864. The molecule has 422 valence electrons. The number of esters is 3. The van der Waals surface area contributed by atoms with E-state index in [4.69, 9.17) is 14.2 Å². The van der Waals surface area contributed by atoms with Crippen molar-refractivity contribution in [2.75, 3.05) is 13.2 Å². The van der Waals surface area contributed by atoms with Crippen molar-refractivity contribution < 1.29 is 28.6 Å². The summed E-state index contributed by atoms with van der Waals surface area (Å²) in [7, 11) is 0. The highest BCUT2D eigenvalue weighted by molar-refractivity contribution is 5.71. The third-order valence-electron chi connectivity index (χ3n) is 14.3. The molecule has 0 aliphatic rings. The minimum Gasteiger partial charge on any atom is -0.462 e. The Morgan fingerprint density at radius 2 is 0.528 bits per heavy atom. The van der Waals surface area contributed by atoms with E-state index >= 15 is 0 Å². The largest absolute Gasteiger partial charge is 0.462 e. The monoisotopic (exact) mass is 1010 g/mol. The molecule has 1 unspecified atom stereocenters. The smallest absolute Gasteiger partial charge is 0.306 e. The highest BCUT2D eigenvalue weighted by Crippen LogP contribution is 2.17. The predicted molar refractivity (Wildman–Crippen MR) is 312 cm³/mol. The molecule has 6 heteroatoms. The van der Waals surface area contributed by atoms with Crippen molar-refractivity contribution in [2.24, 2.45) is 0 Å². The second kappa shape index (κ2) is 61.2. The van der Waals surface area contributed by atoms with Crippen molar-refractivity contribution >= 4 is 17.9 Å². The summed E-state index contributed by atoms with van der Waals surface area (Å²) in [6.45, 7) is 6.62. The molecule has 0 bridgehead atoms. The van der Waals surface area contributed by atoms with E-state index in [1.807, 2.05) is 0 Å². The summed E-state index contributed by atoms with van der Waals surface area (Å²) in [6.07, 6.45) is 74.4. The van der Waals surface area contributed by atoms with Gasteiger partial charge in [0.05, 0.1) is 0 Å². The molecular weight excluding hydrogens is 889 g/mol. The lowest BCUT2D eigenvalue weighted by atomic mass is 10.0. The zero-order chi connectivity index (χ0) is 52.2. The Bertz CT molecular complexity index is 1210. The van der Waals surface area contributed by atoms with E-state index in [9.17, 15) is 14.4 Å². The second-order valence-corrected chi connectivity index (χ2v) is 21.7. The van der Waals surface area contributed by atoms with Gasteiger partial charge in [-0.2, -0.15) is 0 Å². The number of hydrogen-bond acceptors (Lipinski definition) is 6. The maximum Gasteiger partial charge on any atom is 0.306 e. The molecule has 0 aromatic rings. The first-order chi connectivity index (χ1) is 35.5. The number of allylic oxidation sites excluding steroid dienone is 6. The van der Waals surface area contributed by atoms with Crippen molar-refractivity contribution in [3.8, 4) is 0 Å². The summed E-state index contributed by atoms with van der Waals surface area (Å²) in [5, 5.41) is 0. The van der Waals surface area contributed by atoms with Gasteiger partial charge in [0.25, 0.3) is 0 Å². The van der Waals surface area contributed by atoms with Crippen LogP contribution in [0.4, 0.5) is 0 Å². The summed E-state index contributed by atoms with van der Waals surface area (Å²) < 4.78 is 16.9. The zero-order valence-corrected chi connectivity index (χ0v) is 48.5. The maximum absolute atomic E-state index is 12.9. The van der Waals surface area contributed by atoms with Crippen LogP contribution in [0.5, 0.6) is 0 Å². The van der Waals surface area contributed by atoms with Gasteiger partial charge in [-0.15, -0.1) is 0 Å². The molecule has 0 radical (unpaired) electrons. The van der Waals surface area contributed by atoms with Crippen molar-refractivity contribution in [1.29, 1.82) is 0 Å². The summed E-state index contributed by atoms with van der Waals surface area (Å²) in [4.78, 5) is 38.3. The van der Waals surface area contributed by atoms with Crippen LogP contribution in [-0.4, -0.2) is 37.2 Å². The van der Waals surface area contributed by atoms with Crippen LogP contribution in [0.25, 0.3) is 0 Å². The first-order valence-corrected chi connectivity index (χ1v) is 32.0. The Morgan fingerprint density at radius 3 is 0.833 bits per heavy atom. The van der Waals surface area contributed by atoms with Crippen LogP contribution in [0.3, 0.4) is 0 Å². The first kappa shape index (κ1) is 69.6. The molecule has 0 fully saturated rings. The number of carbonyl (C=O) groups excluding carboxylic acids is 3. The lowest BCUT2D eigenvalue weighted by Gasteiger charge is -2.18. The molecule has 1 atom stereocenters. The molecule has 0 N–H and O–H groups in total. The summed E-state index contributed by atoms with van der Waals surface area (Å²) in [5.41, 5.74) is 0. The highest BCUT2D eigenvalue weighted by atomic mass is 16.6. The van der Waals surface area contributed by atoms with Gasteiger partial charge in [0, 0.05) is 19.3 Å². The third kappa shape index (κ3) is 58.5. The van der Waals surface area contributed by atoms with Crippen molar-refractivity contribution in [2.45, 2.75) is 354 Å².